The van der Waals surface area contributed by atoms with Crippen LogP contribution in [-0.2, 0) is 0 Å². The van der Waals surface area contributed by atoms with Gasteiger partial charge in [0.1, 0.15) is 5.03 Å². The number of aliphatic imine (C=N–C) groups is 1. The Balaban J connectivity index is 1.78. The van der Waals surface area contributed by atoms with Crippen molar-refractivity contribution in [3.05, 3.63) is 57.2 Å². The zero-order valence-electron chi connectivity index (χ0n) is 11.2. The summed E-state index contributed by atoms with van der Waals surface area (Å²) in [5.74, 6) is 1.17. The average molecular weight is 300 g/mol. The molecule has 0 aromatic rings. The molecule has 0 aliphatic heterocycles. The molecule has 2 fully saturated rings. The third kappa shape index (κ3) is 1.46. The Kier molecular flexibility index (Phi) is 2.36. The zero-order chi connectivity index (χ0) is 14.2. The second-order valence-electron chi connectivity index (χ2n) is 6.21. The lowest BCUT2D eigenvalue weighted by atomic mass is 9.72. The van der Waals surface area contributed by atoms with E-state index in [2.05, 4.69) is 62.0 Å². The molecule has 3 atom stereocenters. The molecule has 5 aliphatic carbocycles. The lowest BCUT2D eigenvalue weighted by Gasteiger charge is -2.31. The fourth-order valence-electron chi connectivity index (χ4n) is 3.99. The van der Waals surface area contributed by atoms with Gasteiger partial charge in [0, 0.05) is 17.3 Å². The Morgan fingerprint density at radius 3 is 2.75 bits per heavy atom. The number of rotatable bonds is 1. The first-order valence-electron chi connectivity index (χ1n) is 6.73. The van der Waals surface area contributed by atoms with Gasteiger partial charge < -0.3 is 5.73 Å². The normalized spacial score (nSPS) is 39.9. The molecule has 0 aromatic carbocycles. The van der Waals surface area contributed by atoms with Gasteiger partial charge >= 0.3 is 0 Å². The van der Waals surface area contributed by atoms with Crippen LogP contribution in [0.1, 0.15) is 13.3 Å². The Bertz CT molecular complexity index is 717. The van der Waals surface area contributed by atoms with E-state index in [4.69, 9.17) is 5.73 Å². The van der Waals surface area contributed by atoms with Gasteiger partial charge in [-0.05, 0) is 35.3 Å². The molecule has 0 amide bonds. The van der Waals surface area contributed by atoms with Gasteiger partial charge in [-0.1, -0.05) is 25.2 Å². The van der Waals surface area contributed by atoms with Gasteiger partial charge in [0.05, 0.1) is 10.7 Å². The fourth-order valence-corrected chi connectivity index (χ4v) is 4.15. The van der Waals surface area contributed by atoms with Gasteiger partial charge in [0.15, 0.2) is 0 Å². The number of hydrogen-bond donors (Lipinski definition) is 3. The summed E-state index contributed by atoms with van der Waals surface area (Å²) in [6, 6.07) is 0. The second-order valence-corrected chi connectivity index (χ2v) is 7.12. The van der Waals surface area contributed by atoms with Crippen LogP contribution in [0.5, 0.6) is 0 Å². The van der Waals surface area contributed by atoms with Crippen LogP contribution in [0.25, 0.3) is 0 Å². The highest BCUT2D eigenvalue weighted by molar-refractivity contribution is 7.88. The third-order valence-electron chi connectivity index (χ3n) is 5.00. The number of nitrogens with zero attached hydrogens (tertiary/aromatic N) is 1. The summed E-state index contributed by atoms with van der Waals surface area (Å²) in [4.78, 5) is 4.43. The molecule has 20 heavy (non-hydrogen) atoms. The largest absolute Gasteiger partial charge is 0.392 e. The minimum Gasteiger partial charge on any atom is -0.392 e. The van der Waals surface area contributed by atoms with Crippen LogP contribution >= 0.6 is 25.3 Å². The van der Waals surface area contributed by atoms with E-state index >= 15 is 0 Å². The molecule has 4 bridgehead atoms. The fraction of sp³-hybridized carbons (Fsp3) is 0.312. The average Bonchev–Trinajstić information content (AvgIpc) is 2.83. The first kappa shape index (κ1) is 12.6. The van der Waals surface area contributed by atoms with Crippen LogP contribution in [-0.4, -0.2) is 5.71 Å². The van der Waals surface area contributed by atoms with E-state index in [0.29, 0.717) is 27.3 Å². The summed E-state index contributed by atoms with van der Waals surface area (Å²) in [6.07, 6.45) is 8.04. The smallest absolute Gasteiger partial charge is 0.123 e. The molecule has 2 saturated carbocycles. The highest BCUT2D eigenvalue weighted by Gasteiger charge is 2.66. The van der Waals surface area contributed by atoms with Crippen molar-refractivity contribution in [3.63, 3.8) is 0 Å². The maximum atomic E-state index is 5.60. The van der Waals surface area contributed by atoms with E-state index in [1.54, 1.807) is 5.57 Å². The summed E-state index contributed by atoms with van der Waals surface area (Å²) in [6.45, 7) is 6.50. The summed E-state index contributed by atoms with van der Waals surface area (Å²) in [5.41, 5.74) is 12.3. The Hall–Kier alpha value is -1.13. The van der Waals surface area contributed by atoms with E-state index in [1.807, 2.05) is 0 Å². The molecule has 4 heteroatoms. The van der Waals surface area contributed by atoms with Crippen molar-refractivity contribution in [3.8, 4) is 0 Å². The lowest BCUT2D eigenvalue weighted by Crippen LogP contribution is -2.22. The van der Waals surface area contributed by atoms with Crippen LogP contribution in [0.3, 0.4) is 0 Å². The number of allylic oxidation sites excluding steroid dienone is 7. The van der Waals surface area contributed by atoms with E-state index in [0.717, 1.165) is 11.3 Å². The maximum absolute atomic E-state index is 5.60. The summed E-state index contributed by atoms with van der Waals surface area (Å²) >= 11 is 8.32. The van der Waals surface area contributed by atoms with Gasteiger partial charge in [-0.3, -0.25) is 0 Å². The van der Waals surface area contributed by atoms with Crippen molar-refractivity contribution >= 4 is 31.0 Å². The lowest BCUT2D eigenvalue weighted by molar-refractivity contribution is 0.432. The molecular formula is C16H16N2S2. The van der Waals surface area contributed by atoms with Gasteiger partial charge in [-0.25, -0.2) is 4.99 Å². The van der Waals surface area contributed by atoms with Crippen molar-refractivity contribution in [2.75, 3.05) is 0 Å². The summed E-state index contributed by atoms with van der Waals surface area (Å²) < 4.78 is 0. The van der Waals surface area contributed by atoms with Gasteiger partial charge in [-0.2, -0.15) is 0 Å². The quantitative estimate of drug-likeness (QED) is 0.504. The molecule has 102 valence electrons. The monoisotopic (exact) mass is 300 g/mol. The first-order valence-corrected chi connectivity index (χ1v) is 7.62. The molecule has 0 aromatic heterocycles. The molecular weight excluding hydrogens is 284 g/mol. The number of hydrogen-bond acceptors (Lipinski definition) is 4. The molecule has 0 heterocycles. The standard InChI is InChI=1S/C16H16N2S2/c1-7-3-10-9(5-12(7)18-15(20)14(17)19)8-4-11-13(10)16(11,2)6-8/h3-5,8,13,19-20H,1,6,17H2,2H3/b15-14-,18-12?/t8?,13?,16-/m0/s1. The Labute approximate surface area is 129 Å². The predicted octanol–water partition coefficient (Wildman–Crippen LogP) is 3.39. The second kappa shape index (κ2) is 3.74. The predicted molar refractivity (Wildman–Crippen MR) is 89.7 cm³/mol. The third-order valence-corrected chi connectivity index (χ3v) is 5.73. The highest BCUT2D eigenvalue weighted by Crippen LogP contribution is 2.75. The van der Waals surface area contributed by atoms with Crippen molar-refractivity contribution < 1.29 is 0 Å². The van der Waals surface area contributed by atoms with E-state index < -0.39 is 0 Å². The molecule has 5 rings (SSSR count). The molecule has 0 saturated heterocycles. The van der Waals surface area contributed by atoms with Crippen LogP contribution in [0.2, 0.25) is 0 Å². The molecule has 0 radical (unpaired) electrons. The SMILES string of the molecule is C=C1C=C2C(=CC1=N/C(S)=C(\N)S)C1C=C3C2[C@@]3(C)C1. The van der Waals surface area contributed by atoms with Gasteiger partial charge in [0.2, 0.25) is 0 Å². The minimum atomic E-state index is 0.325. The first-order chi connectivity index (χ1) is 9.41. The van der Waals surface area contributed by atoms with E-state index in [-0.39, 0.29) is 0 Å². The van der Waals surface area contributed by atoms with Crippen molar-refractivity contribution in [1.29, 1.82) is 0 Å². The summed E-state index contributed by atoms with van der Waals surface area (Å²) in [7, 11) is 0. The van der Waals surface area contributed by atoms with Crippen molar-refractivity contribution in [2.45, 2.75) is 13.3 Å². The maximum Gasteiger partial charge on any atom is 0.123 e. The Morgan fingerprint density at radius 2 is 2.15 bits per heavy atom. The molecule has 2 nitrogen and oxygen atoms in total. The van der Waals surface area contributed by atoms with E-state index in [1.165, 1.54) is 17.6 Å². The topological polar surface area (TPSA) is 38.4 Å². The van der Waals surface area contributed by atoms with E-state index in [9.17, 15) is 0 Å². The van der Waals surface area contributed by atoms with Crippen LogP contribution in [0, 0.1) is 17.3 Å². The minimum absolute atomic E-state index is 0.325. The highest BCUT2D eigenvalue weighted by atomic mass is 32.1. The van der Waals surface area contributed by atoms with Gasteiger partial charge in [-0.15, -0.1) is 25.3 Å². The molecule has 2 N–H and O–H groups in total. The van der Waals surface area contributed by atoms with Crippen LogP contribution in [0.15, 0.2) is 62.1 Å². The zero-order valence-corrected chi connectivity index (χ0v) is 13.0. The molecule has 5 aliphatic rings. The van der Waals surface area contributed by atoms with Crippen molar-refractivity contribution in [1.82, 2.24) is 0 Å². The Morgan fingerprint density at radius 1 is 1.40 bits per heavy atom. The number of thiol groups is 2. The summed E-state index contributed by atoms with van der Waals surface area (Å²) in [5, 5.41) is 0.765. The number of nitrogens with two attached hydrogens (primary N) is 1. The van der Waals surface area contributed by atoms with Crippen LogP contribution < -0.4 is 5.73 Å². The van der Waals surface area contributed by atoms with Crippen molar-refractivity contribution in [2.24, 2.45) is 28.0 Å². The van der Waals surface area contributed by atoms with Crippen LogP contribution in [0.4, 0.5) is 0 Å². The molecule has 2 unspecified atom stereocenters. The van der Waals surface area contributed by atoms with Gasteiger partial charge in [0.25, 0.3) is 0 Å². The molecule has 0 spiro atoms.